The fourth-order valence-electron chi connectivity index (χ4n) is 1.73. The summed E-state index contributed by atoms with van der Waals surface area (Å²) in [5.74, 6) is 0.116. The van der Waals surface area contributed by atoms with Crippen molar-refractivity contribution in [1.29, 1.82) is 0 Å². The molecule has 94 valence electrons. The average molecular weight is 247 g/mol. The first kappa shape index (κ1) is 12.5. The van der Waals surface area contributed by atoms with Crippen LogP contribution in [0, 0.1) is 5.82 Å². The van der Waals surface area contributed by atoms with Crippen molar-refractivity contribution in [3.8, 4) is 5.88 Å². The Hall–Kier alpha value is -1.94. The summed E-state index contributed by atoms with van der Waals surface area (Å²) in [6.07, 6.45) is 1.06. The Kier molecular flexibility index (Phi) is 3.89. The van der Waals surface area contributed by atoms with Gasteiger partial charge in [-0.05, 0) is 11.6 Å². The van der Waals surface area contributed by atoms with E-state index in [1.54, 1.807) is 36.5 Å². The Bertz CT molecular complexity index is 513. The van der Waals surface area contributed by atoms with E-state index in [4.69, 9.17) is 4.74 Å². The van der Waals surface area contributed by atoms with Gasteiger partial charge in [0.15, 0.2) is 0 Å². The SMILES string of the molecule is COc1ccc(CC(O)c2ccccc2F)cn1. The molecule has 1 heterocycles. The first-order chi connectivity index (χ1) is 8.70. The van der Waals surface area contributed by atoms with Crippen LogP contribution < -0.4 is 4.74 Å². The van der Waals surface area contributed by atoms with E-state index in [9.17, 15) is 9.50 Å². The van der Waals surface area contributed by atoms with Gasteiger partial charge in [-0.2, -0.15) is 0 Å². The Balaban J connectivity index is 2.11. The van der Waals surface area contributed by atoms with Crippen LogP contribution in [0.3, 0.4) is 0 Å². The van der Waals surface area contributed by atoms with E-state index >= 15 is 0 Å². The lowest BCUT2D eigenvalue weighted by molar-refractivity contribution is 0.173. The van der Waals surface area contributed by atoms with Gasteiger partial charge in [0.2, 0.25) is 5.88 Å². The zero-order chi connectivity index (χ0) is 13.0. The van der Waals surface area contributed by atoms with Gasteiger partial charge in [0.25, 0.3) is 0 Å². The molecule has 1 atom stereocenters. The molecule has 0 spiro atoms. The number of methoxy groups -OCH3 is 1. The van der Waals surface area contributed by atoms with Crippen LogP contribution in [-0.2, 0) is 6.42 Å². The summed E-state index contributed by atoms with van der Waals surface area (Å²) < 4.78 is 18.4. The summed E-state index contributed by atoms with van der Waals surface area (Å²) in [6, 6.07) is 9.73. The van der Waals surface area contributed by atoms with Gasteiger partial charge in [-0.25, -0.2) is 9.37 Å². The van der Waals surface area contributed by atoms with Crippen LogP contribution in [0.1, 0.15) is 17.2 Å². The highest BCUT2D eigenvalue weighted by molar-refractivity contribution is 5.24. The van der Waals surface area contributed by atoms with Crippen LogP contribution in [0.5, 0.6) is 5.88 Å². The minimum Gasteiger partial charge on any atom is -0.481 e. The van der Waals surface area contributed by atoms with Crippen LogP contribution in [0.25, 0.3) is 0 Å². The number of halogens is 1. The quantitative estimate of drug-likeness (QED) is 0.902. The third-order valence-corrected chi connectivity index (χ3v) is 2.70. The lowest BCUT2D eigenvalue weighted by Gasteiger charge is -2.11. The first-order valence-corrected chi connectivity index (χ1v) is 5.62. The largest absolute Gasteiger partial charge is 0.481 e. The van der Waals surface area contributed by atoms with E-state index in [1.807, 2.05) is 0 Å². The molecule has 2 rings (SSSR count). The maximum Gasteiger partial charge on any atom is 0.212 e. The Morgan fingerprint density at radius 3 is 2.67 bits per heavy atom. The summed E-state index contributed by atoms with van der Waals surface area (Å²) in [5, 5.41) is 9.98. The zero-order valence-corrected chi connectivity index (χ0v) is 10.0. The molecule has 18 heavy (non-hydrogen) atoms. The molecule has 0 saturated carbocycles. The van der Waals surface area contributed by atoms with Gasteiger partial charge >= 0.3 is 0 Å². The van der Waals surface area contributed by atoms with Gasteiger partial charge < -0.3 is 9.84 Å². The van der Waals surface area contributed by atoms with E-state index in [-0.39, 0.29) is 0 Å². The molecule has 0 radical (unpaired) electrons. The third-order valence-electron chi connectivity index (χ3n) is 2.70. The number of hydrogen-bond donors (Lipinski definition) is 1. The van der Waals surface area contributed by atoms with Gasteiger partial charge in [0.05, 0.1) is 13.2 Å². The number of rotatable bonds is 4. The van der Waals surface area contributed by atoms with Crippen molar-refractivity contribution in [3.63, 3.8) is 0 Å². The minimum absolute atomic E-state index is 0.299. The second kappa shape index (κ2) is 5.60. The highest BCUT2D eigenvalue weighted by Gasteiger charge is 2.12. The number of ether oxygens (including phenoxy) is 1. The Morgan fingerprint density at radius 1 is 1.28 bits per heavy atom. The smallest absolute Gasteiger partial charge is 0.212 e. The number of benzene rings is 1. The molecule has 0 fully saturated rings. The first-order valence-electron chi connectivity index (χ1n) is 5.62. The molecule has 1 aromatic carbocycles. The highest BCUT2D eigenvalue weighted by Crippen LogP contribution is 2.21. The van der Waals surface area contributed by atoms with E-state index in [0.717, 1.165) is 5.56 Å². The summed E-state index contributed by atoms with van der Waals surface area (Å²) >= 11 is 0. The van der Waals surface area contributed by atoms with Crippen molar-refractivity contribution < 1.29 is 14.2 Å². The van der Waals surface area contributed by atoms with Crippen LogP contribution >= 0.6 is 0 Å². The van der Waals surface area contributed by atoms with Crippen LogP contribution in [0.15, 0.2) is 42.6 Å². The van der Waals surface area contributed by atoms with E-state index < -0.39 is 11.9 Å². The van der Waals surface area contributed by atoms with Crippen LogP contribution in [0.2, 0.25) is 0 Å². The summed E-state index contributed by atoms with van der Waals surface area (Å²) in [7, 11) is 1.54. The third kappa shape index (κ3) is 2.84. The fraction of sp³-hybridized carbons (Fsp3) is 0.214. The molecule has 1 aromatic heterocycles. The average Bonchev–Trinajstić information content (AvgIpc) is 2.40. The van der Waals surface area contributed by atoms with E-state index in [0.29, 0.717) is 17.9 Å². The molecular formula is C14H14FNO2. The molecule has 2 aromatic rings. The maximum absolute atomic E-state index is 13.5. The fourth-order valence-corrected chi connectivity index (χ4v) is 1.73. The topological polar surface area (TPSA) is 42.4 Å². The van der Waals surface area contributed by atoms with Crippen molar-refractivity contribution in [2.45, 2.75) is 12.5 Å². The molecule has 4 heteroatoms. The molecule has 0 aliphatic rings. The maximum atomic E-state index is 13.5. The monoisotopic (exact) mass is 247 g/mol. The predicted octanol–water partition coefficient (Wildman–Crippen LogP) is 2.51. The van der Waals surface area contributed by atoms with Gasteiger partial charge in [0.1, 0.15) is 5.82 Å². The molecule has 3 nitrogen and oxygen atoms in total. The second-order valence-electron chi connectivity index (χ2n) is 3.95. The lowest BCUT2D eigenvalue weighted by Crippen LogP contribution is -2.04. The van der Waals surface area contributed by atoms with Crippen LogP contribution in [0.4, 0.5) is 4.39 Å². The number of aliphatic hydroxyl groups is 1. The number of nitrogens with zero attached hydrogens (tertiary/aromatic N) is 1. The molecule has 0 aliphatic carbocycles. The molecule has 1 unspecified atom stereocenters. The van der Waals surface area contributed by atoms with Crippen molar-refractivity contribution >= 4 is 0 Å². The van der Waals surface area contributed by atoms with Crippen molar-refractivity contribution in [1.82, 2.24) is 4.98 Å². The number of hydrogen-bond acceptors (Lipinski definition) is 3. The Morgan fingerprint density at radius 2 is 2.06 bits per heavy atom. The summed E-state index contributed by atoms with van der Waals surface area (Å²) in [4.78, 5) is 4.04. The number of aliphatic hydroxyl groups excluding tert-OH is 1. The predicted molar refractivity (Wildman–Crippen MR) is 65.9 cm³/mol. The van der Waals surface area contributed by atoms with Crippen LogP contribution in [-0.4, -0.2) is 17.2 Å². The molecular weight excluding hydrogens is 233 g/mol. The van der Waals surface area contributed by atoms with Crippen molar-refractivity contribution in [2.24, 2.45) is 0 Å². The highest BCUT2D eigenvalue weighted by atomic mass is 19.1. The Labute approximate surface area is 105 Å². The van der Waals surface area contributed by atoms with Gasteiger partial charge in [-0.15, -0.1) is 0 Å². The molecule has 0 aliphatic heterocycles. The molecule has 0 amide bonds. The van der Waals surface area contributed by atoms with Crippen molar-refractivity contribution in [3.05, 3.63) is 59.5 Å². The minimum atomic E-state index is -0.874. The summed E-state index contributed by atoms with van der Waals surface area (Å²) in [6.45, 7) is 0. The zero-order valence-electron chi connectivity index (χ0n) is 10.0. The van der Waals surface area contributed by atoms with Gasteiger partial charge in [-0.3, -0.25) is 0 Å². The van der Waals surface area contributed by atoms with Crippen molar-refractivity contribution in [2.75, 3.05) is 7.11 Å². The van der Waals surface area contributed by atoms with E-state index in [1.165, 1.54) is 13.2 Å². The van der Waals surface area contributed by atoms with Gasteiger partial charge in [0, 0.05) is 24.2 Å². The number of pyridine rings is 1. The number of aromatic nitrogens is 1. The normalized spacial score (nSPS) is 12.2. The standard InChI is InChI=1S/C14H14FNO2/c1-18-14-7-6-10(9-16-14)8-13(17)11-4-2-3-5-12(11)15/h2-7,9,13,17H,8H2,1H3. The lowest BCUT2D eigenvalue weighted by atomic mass is 10.0. The molecule has 0 saturated heterocycles. The molecule has 1 N–H and O–H groups in total. The molecule has 0 bridgehead atoms. The van der Waals surface area contributed by atoms with E-state index in [2.05, 4.69) is 4.98 Å². The summed E-state index contributed by atoms with van der Waals surface area (Å²) in [5.41, 5.74) is 1.12. The van der Waals surface area contributed by atoms with Gasteiger partial charge in [-0.1, -0.05) is 24.3 Å². The second-order valence-corrected chi connectivity index (χ2v) is 3.95.